The van der Waals surface area contributed by atoms with Crippen molar-refractivity contribution in [2.75, 3.05) is 39.9 Å². The van der Waals surface area contributed by atoms with E-state index < -0.39 is 0 Å². The van der Waals surface area contributed by atoms with Crippen LogP contribution in [0.15, 0.2) is 0 Å². The van der Waals surface area contributed by atoms with Gasteiger partial charge in [-0.25, -0.2) is 0 Å². The lowest BCUT2D eigenvalue weighted by molar-refractivity contribution is 0.0761. The summed E-state index contributed by atoms with van der Waals surface area (Å²) in [5, 5.41) is 3.59. The molecule has 0 aromatic carbocycles. The second-order valence-corrected chi connectivity index (χ2v) is 5.98. The summed E-state index contributed by atoms with van der Waals surface area (Å²) >= 11 is 0. The first-order valence-electron chi connectivity index (χ1n) is 7.24. The largest absolute Gasteiger partial charge is 0.381 e. The van der Waals surface area contributed by atoms with Gasteiger partial charge >= 0.3 is 0 Å². The molecule has 1 saturated heterocycles. The Hall–Kier alpha value is -0.120. The molecule has 0 aromatic heterocycles. The zero-order valence-corrected chi connectivity index (χ0v) is 11.5. The third-order valence-corrected chi connectivity index (χ3v) is 4.39. The van der Waals surface area contributed by atoms with E-state index in [0.29, 0.717) is 5.41 Å². The first kappa shape index (κ1) is 13.3. The fourth-order valence-corrected chi connectivity index (χ4v) is 2.99. The Morgan fingerprint density at radius 3 is 2.76 bits per heavy atom. The van der Waals surface area contributed by atoms with Crippen LogP contribution in [-0.4, -0.2) is 50.8 Å². The van der Waals surface area contributed by atoms with Crippen molar-refractivity contribution >= 4 is 0 Å². The zero-order chi connectivity index (χ0) is 12.1. The molecule has 17 heavy (non-hydrogen) atoms. The second kappa shape index (κ2) is 6.17. The highest BCUT2D eigenvalue weighted by Gasteiger charge is 2.37. The molecule has 0 aromatic rings. The first-order chi connectivity index (χ1) is 8.26. The standard InChI is InChI=1S/C14H28N2O/c1-3-8-15-10-14(7-9-17-12-14)11-16(2)13-5-4-6-13/h13,15H,3-12H2,1-2H3. The molecule has 1 unspecified atom stereocenters. The molecule has 1 heterocycles. The van der Waals surface area contributed by atoms with Crippen molar-refractivity contribution in [2.45, 2.75) is 45.1 Å². The van der Waals surface area contributed by atoms with Crippen LogP contribution < -0.4 is 5.32 Å². The Morgan fingerprint density at radius 2 is 2.24 bits per heavy atom. The Labute approximate surface area is 106 Å². The number of rotatable bonds is 7. The summed E-state index contributed by atoms with van der Waals surface area (Å²) < 4.78 is 5.66. The van der Waals surface area contributed by atoms with Gasteiger partial charge in [0.1, 0.15) is 0 Å². The van der Waals surface area contributed by atoms with Crippen molar-refractivity contribution in [3.63, 3.8) is 0 Å². The molecule has 0 amide bonds. The lowest BCUT2D eigenvalue weighted by atomic mass is 9.84. The van der Waals surface area contributed by atoms with E-state index in [2.05, 4.69) is 24.2 Å². The topological polar surface area (TPSA) is 24.5 Å². The van der Waals surface area contributed by atoms with Gasteiger partial charge in [0.05, 0.1) is 6.61 Å². The Kier molecular flexibility index (Phi) is 4.83. The summed E-state index contributed by atoms with van der Waals surface area (Å²) in [6, 6.07) is 0.846. The minimum atomic E-state index is 0.375. The van der Waals surface area contributed by atoms with Gasteiger partial charge < -0.3 is 15.0 Å². The van der Waals surface area contributed by atoms with Crippen molar-refractivity contribution in [1.82, 2.24) is 10.2 Å². The van der Waals surface area contributed by atoms with Crippen LogP contribution in [0.3, 0.4) is 0 Å². The van der Waals surface area contributed by atoms with Crippen LogP contribution in [-0.2, 0) is 4.74 Å². The lowest BCUT2D eigenvalue weighted by Gasteiger charge is -2.40. The van der Waals surface area contributed by atoms with Crippen LogP contribution in [0.25, 0.3) is 0 Å². The van der Waals surface area contributed by atoms with E-state index in [1.54, 1.807) is 0 Å². The van der Waals surface area contributed by atoms with E-state index in [9.17, 15) is 0 Å². The van der Waals surface area contributed by atoms with Gasteiger partial charge in [0.15, 0.2) is 0 Å². The number of hydrogen-bond donors (Lipinski definition) is 1. The molecule has 2 rings (SSSR count). The van der Waals surface area contributed by atoms with Gasteiger partial charge in [-0.1, -0.05) is 13.3 Å². The molecule has 2 aliphatic rings. The summed E-state index contributed by atoms with van der Waals surface area (Å²) in [7, 11) is 2.30. The number of hydrogen-bond acceptors (Lipinski definition) is 3. The normalized spacial score (nSPS) is 29.8. The lowest BCUT2D eigenvalue weighted by Crippen LogP contribution is -2.48. The predicted octanol–water partition coefficient (Wildman–Crippen LogP) is 1.88. The highest BCUT2D eigenvalue weighted by Crippen LogP contribution is 2.32. The van der Waals surface area contributed by atoms with E-state index in [4.69, 9.17) is 4.74 Å². The van der Waals surface area contributed by atoms with Gasteiger partial charge in [0.2, 0.25) is 0 Å². The fourth-order valence-electron chi connectivity index (χ4n) is 2.99. The third-order valence-electron chi connectivity index (χ3n) is 4.39. The molecule has 1 atom stereocenters. The van der Waals surface area contributed by atoms with Crippen LogP contribution >= 0.6 is 0 Å². The van der Waals surface area contributed by atoms with E-state index in [1.165, 1.54) is 38.6 Å². The zero-order valence-electron chi connectivity index (χ0n) is 11.5. The fraction of sp³-hybridized carbons (Fsp3) is 1.00. The highest BCUT2D eigenvalue weighted by molar-refractivity contribution is 4.90. The Bertz CT molecular complexity index is 222. The van der Waals surface area contributed by atoms with Gasteiger partial charge in [-0.05, 0) is 39.3 Å². The maximum atomic E-state index is 5.66. The summed E-state index contributed by atoms with van der Waals surface area (Å²) in [5.74, 6) is 0. The molecular weight excluding hydrogens is 212 g/mol. The second-order valence-electron chi connectivity index (χ2n) is 5.98. The number of ether oxygens (including phenoxy) is 1. The summed E-state index contributed by atoms with van der Waals surface area (Å²) in [4.78, 5) is 2.58. The van der Waals surface area contributed by atoms with Crippen LogP contribution in [0.2, 0.25) is 0 Å². The summed E-state index contributed by atoms with van der Waals surface area (Å²) in [6.45, 7) is 7.58. The monoisotopic (exact) mass is 240 g/mol. The van der Waals surface area contributed by atoms with Crippen LogP contribution in [0.4, 0.5) is 0 Å². The maximum Gasteiger partial charge on any atom is 0.0547 e. The molecule has 1 N–H and O–H groups in total. The van der Waals surface area contributed by atoms with Gasteiger partial charge in [-0.15, -0.1) is 0 Å². The van der Waals surface area contributed by atoms with Crippen molar-refractivity contribution in [2.24, 2.45) is 5.41 Å². The van der Waals surface area contributed by atoms with Gasteiger partial charge in [0.25, 0.3) is 0 Å². The SMILES string of the molecule is CCCNCC1(CN(C)C2CCC2)CCOC1. The highest BCUT2D eigenvalue weighted by atomic mass is 16.5. The molecule has 1 aliphatic heterocycles. The van der Waals surface area contributed by atoms with E-state index >= 15 is 0 Å². The minimum absolute atomic E-state index is 0.375. The third kappa shape index (κ3) is 3.43. The van der Waals surface area contributed by atoms with E-state index in [1.807, 2.05) is 0 Å². The number of nitrogens with one attached hydrogen (secondary N) is 1. The maximum absolute atomic E-state index is 5.66. The van der Waals surface area contributed by atoms with Gasteiger partial charge in [0, 0.05) is 31.2 Å². The predicted molar refractivity (Wildman–Crippen MR) is 71.3 cm³/mol. The Morgan fingerprint density at radius 1 is 1.41 bits per heavy atom. The van der Waals surface area contributed by atoms with Crippen molar-refractivity contribution < 1.29 is 4.74 Å². The van der Waals surface area contributed by atoms with E-state index in [-0.39, 0.29) is 0 Å². The van der Waals surface area contributed by atoms with Crippen molar-refractivity contribution in [3.05, 3.63) is 0 Å². The molecule has 2 fully saturated rings. The molecule has 1 saturated carbocycles. The number of nitrogens with zero attached hydrogens (tertiary/aromatic N) is 1. The smallest absolute Gasteiger partial charge is 0.0547 e. The summed E-state index contributed by atoms with van der Waals surface area (Å²) in [5.41, 5.74) is 0.375. The molecule has 0 bridgehead atoms. The molecule has 0 radical (unpaired) electrons. The Balaban J connectivity index is 1.82. The molecule has 3 heteroatoms. The van der Waals surface area contributed by atoms with Crippen molar-refractivity contribution in [1.29, 1.82) is 0 Å². The van der Waals surface area contributed by atoms with Crippen LogP contribution in [0.1, 0.15) is 39.0 Å². The first-order valence-corrected chi connectivity index (χ1v) is 7.24. The molecule has 100 valence electrons. The van der Waals surface area contributed by atoms with Gasteiger partial charge in [-0.2, -0.15) is 0 Å². The van der Waals surface area contributed by atoms with Gasteiger partial charge in [-0.3, -0.25) is 0 Å². The average Bonchev–Trinajstić information content (AvgIpc) is 2.64. The molecule has 1 aliphatic carbocycles. The average molecular weight is 240 g/mol. The van der Waals surface area contributed by atoms with Crippen LogP contribution in [0.5, 0.6) is 0 Å². The molecule has 0 spiro atoms. The minimum Gasteiger partial charge on any atom is -0.381 e. The molecule has 3 nitrogen and oxygen atoms in total. The summed E-state index contributed by atoms with van der Waals surface area (Å²) in [6.07, 6.45) is 6.66. The van der Waals surface area contributed by atoms with E-state index in [0.717, 1.165) is 32.3 Å². The van der Waals surface area contributed by atoms with Crippen molar-refractivity contribution in [3.8, 4) is 0 Å². The van der Waals surface area contributed by atoms with Crippen LogP contribution in [0, 0.1) is 5.41 Å². The molecular formula is C14H28N2O. The quantitative estimate of drug-likeness (QED) is 0.688.